The van der Waals surface area contributed by atoms with E-state index in [2.05, 4.69) is 23.5 Å². The summed E-state index contributed by atoms with van der Waals surface area (Å²) in [5, 5.41) is 14.4. The Morgan fingerprint density at radius 2 is 1.61 bits per heavy atom. The molecule has 0 radical (unpaired) electrons. The van der Waals surface area contributed by atoms with Crippen molar-refractivity contribution in [3.8, 4) is 0 Å². The van der Waals surface area contributed by atoms with Gasteiger partial charge in [-0.2, -0.15) is 0 Å². The van der Waals surface area contributed by atoms with E-state index in [1.54, 1.807) is 6.07 Å². The van der Waals surface area contributed by atoms with Crippen molar-refractivity contribution in [3.05, 3.63) is 98.5 Å². The molecule has 0 saturated heterocycles. The third kappa shape index (κ3) is 2.54. The van der Waals surface area contributed by atoms with Gasteiger partial charge in [0.25, 0.3) is 0 Å². The lowest BCUT2D eigenvalue weighted by molar-refractivity contribution is 0.0697. The third-order valence-corrected chi connectivity index (χ3v) is 6.63. The van der Waals surface area contributed by atoms with Crippen molar-refractivity contribution >= 4 is 34.9 Å². The molecule has 2 aliphatic rings. The molecule has 3 atom stereocenters. The summed E-state index contributed by atoms with van der Waals surface area (Å²) in [6, 6.07) is 19.2. The first kappa shape index (κ1) is 17.6. The average Bonchev–Trinajstić information content (AvgIpc) is 3.07. The van der Waals surface area contributed by atoms with Crippen LogP contribution in [0.4, 0.5) is 5.69 Å². The number of rotatable bonds is 2. The fourth-order valence-corrected chi connectivity index (χ4v) is 5.49. The van der Waals surface area contributed by atoms with Crippen LogP contribution >= 0.6 is 23.2 Å². The molecule has 2 N–H and O–H groups in total. The Balaban J connectivity index is 1.77. The Morgan fingerprint density at radius 3 is 2.36 bits per heavy atom. The highest BCUT2D eigenvalue weighted by molar-refractivity contribution is 6.36. The van der Waals surface area contributed by atoms with Gasteiger partial charge in [0, 0.05) is 21.5 Å². The van der Waals surface area contributed by atoms with Gasteiger partial charge >= 0.3 is 5.97 Å². The molecule has 0 saturated carbocycles. The molecule has 5 rings (SSSR count). The number of carboxylic acid groups (broad SMARTS) is 1. The van der Waals surface area contributed by atoms with Crippen molar-refractivity contribution in [2.75, 3.05) is 5.32 Å². The summed E-state index contributed by atoms with van der Waals surface area (Å²) < 4.78 is 0. The summed E-state index contributed by atoms with van der Waals surface area (Å²) in [4.78, 5) is 11.9. The predicted octanol–water partition coefficient (Wildman–Crippen LogP) is 6.16. The van der Waals surface area contributed by atoms with Crippen molar-refractivity contribution in [2.45, 2.75) is 18.4 Å². The number of aromatic carboxylic acids is 1. The van der Waals surface area contributed by atoms with Gasteiger partial charge in [-0.1, -0.05) is 65.7 Å². The standard InChI is InChI=1S/C23H17Cl2NO2/c24-17-9-4-10-18(25)20(17)22-16-11-12-5-1-2-6-13(12)19(16)14-7-3-8-15(23(27)28)21(14)26-22/h1-10,16,19,22,26H,11H2,(H,27,28)/t16-,19+,22-/m0/s1. The zero-order chi connectivity index (χ0) is 19.4. The molecule has 0 aromatic heterocycles. The minimum Gasteiger partial charge on any atom is -0.478 e. The molecule has 3 nitrogen and oxygen atoms in total. The zero-order valence-electron chi connectivity index (χ0n) is 14.8. The van der Waals surface area contributed by atoms with E-state index in [1.807, 2.05) is 36.4 Å². The Kier molecular flexibility index (Phi) is 4.11. The maximum atomic E-state index is 11.9. The van der Waals surface area contributed by atoms with E-state index in [0.29, 0.717) is 15.7 Å². The first-order chi connectivity index (χ1) is 13.6. The lowest BCUT2D eigenvalue weighted by atomic mass is 9.75. The monoisotopic (exact) mass is 409 g/mol. The van der Waals surface area contributed by atoms with Gasteiger partial charge in [-0.25, -0.2) is 4.79 Å². The summed E-state index contributed by atoms with van der Waals surface area (Å²) in [5.41, 5.74) is 5.34. The highest BCUT2D eigenvalue weighted by Gasteiger charge is 2.45. The molecule has 3 aromatic rings. The minimum absolute atomic E-state index is 0.101. The fourth-order valence-electron chi connectivity index (χ4n) is 4.86. The van der Waals surface area contributed by atoms with Crippen molar-refractivity contribution in [2.24, 2.45) is 5.92 Å². The molecular weight excluding hydrogens is 393 g/mol. The molecule has 1 aliphatic carbocycles. The summed E-state index contributed by atoms with van der Waals surface area (Å²) in [7, 11) is 0. The maximum absolute atomic E-state index is 11.9. The predicted molar refractivity (Wildman–Crippen MR) is 112 cm³/mol. The normalized spacial score (nSPS) is 22.0. The van der Waals surface area contributed by atoms with Crippen LogP contribution in [0.15, 0.2) is 60.7 Å². The number of para-hydroxylation sites is 1. The molecular formula is C23H17Cl2NO2. The molecule has 1 aliphatic heterocycles. The number of benzene rings is 3. The van der Waals surface area contributed by atoms with E-state index in [9.17, 15) is 9.90 Å². The van der Waals surface area contributed by atoms with Crippen LogP contribution in [-0.4, -0.2) is 11.1 Å². The van der Waals surface area contributed by atoms with Gasteiger partial charge in [-0.3, -0.25) is 0 Å². The van der Waals surface area contributed by atoms with Crippen LogP contribution in [0.5, 0.6) is 0 Å². The number of hydrogen-bond donors (Lipinski definition) is 2. The van der Waals surface area contributed by atoms with E-state index in [-0.39, 0.29) is 23.4 Å². The lowest BCUT2D eigenvalue weighted by Crippen LogP contribution is -2.32. The Hall–Kier alpha value is -2.49. The Morgan fingerprint density at radius 1 is 0.929 bits per heavy atom. The van der Waals surface area contributed by atoms with Crippen LogP contribution < -0.4 is 5.32 Å². The first-order valence-corrected chi connectivity index (χ1v) is 9.96. The molecule has 0 fully saturated rings. The highest BCUT2D eigenvalue weighted by Crippen LogP contribution is 2.55. The van der Waals surface area contributed by atoms with Crippen molar-refractivity contribution in [1.82, 2.24) is 0 Å². The summed E-state index contributed by atoms with van der Waals surface area (Å²) in [6.45, 7) is 0. The molecule has 0 unspecified atom stereocenters. The van der Waals surface area contributed by atoms with Gasteiger partial charge in [0.15, 0.2) is 0 Å². The van der Waals surface area contributed by atoms with Crippen LogP contribution in [0.25, 0.3) is 0 Å². The molecule has 0 amide bonds. The van der Waals surface area contributed by atoms with E-state index in [4.69, 9.17) is 23.2 Å². The number of halogens is 2. The van der Waals surface area contributed by atoms with Crippen LogP contribution in [-0.2, 0) is 6.42 Å². The SMILES string of the molecule is O=C(O)c1cccc2c1N[C@H](c1c(Cl)cccc1Cl)[C@H]1Cc3ccccc3[C@H]21. The maximum Gasteiger partial charge on any atom is 0.337 e. The second-order valence-corrected chi connectivity index (χ2v) is 8.19. The molecule has 28 heavy (non-hydrogen) atoms. The van der Waals surface area contributed by atoms with Gasteiger partial charge in [0.2, 0.25) is 0 Å². The summed E-state index contributed by atoms with van der Waals surface area (Å²) >= 11 is 13.1. The summed E-state index contributed by atoms with van der Waals surface area (Å²) in [6.07, 6.45) is 0.886. The van der Waals surface area contributed by atoms with Gasteiger partial charge in [0.1, 0.15) is 0 Å². The van der Waals surface area contributed by atoms with Gasteiger partial charge in [0.05, 0.1) is 17.3 Å². The van der Waals surface area contributed by atoms with Crippen LogP contribution in [0.3, 0.4) is 0 Å². The van der Waals surface area contributed by atoms with Crippen LogP contribution in [0.2, 0.25) is 10.0 Å². The molecule has 0 spiro atoms. The smallest absolute Gasteiger partial charge is 0.337 e. The van der Waals surface area contributed by atoms with E-state index < -0.39 is 5.97 Å². The molecule has 140 valence electrons. The lowest BCUT2D eigenvalue weighted by Gasteiger charge is -2.39. The number of carboxylic acids is 1. The van der Waals surface area contributed by atoms with Crippen LogP contribution in [0.1, 0.15) is 44.6 Å². The van der Waals surface area contributed by atoms with Crippen LogP contribution in [0, 0.1) is 5.92 Å². The van der Waals surface area contributed by atoms with Gasteiger partial charge < -0.3 is 10.4 Å². The number of anilines is 1. The Labute approximate surface area is 172 Å². The summed E-state index contributed by atoms with van der Waals surface area (Å²) in [5.74, 6) is -0.645. The topological polar surface area (TPSA) is 49.3 Å². The second kappa shape index (κ2) is 6.54. The van der Waals surface area contributed by atoms with Gasteiger partial charge in [-0.15, -0.1) is 0 Å². The molecule has 5 heteroatoms. The average molecular weight is 410 g/mol. The minimum atomic E-state index is -0.946. The molecule has 3 aromatic carbocycles. The quantitative estimate of drug-likeness (QED) is 0.532. The van der Waals surface area contributed by atoms with E-state index in [0.717, 1.165) is 17.5 Å². The molecule has 1 heterocycles. The van der Waals surface area contributed by atoms with Crippen molar-refractivity contribution in [3.63, 3.8) is 0 Å². The van der Waals surface area contributed by atoms with Gasteiger partial charge in [-0.05, 0) is 47.2 Å². The number of carbonyl (C=O) groups is 1. The zero-order valence-corrected chi connectivity index (χ0v) is 16.3. The fraction of sp³-hybridized carbons (Fsp3) is 0.174. The van der Waals surface area contributed by atoms with E-state index >= 15 is 0 Å². The number of fused-ring (bicyclic) bond motifs is 5. The number of hydrogen-bond acceptors (Lipinski definition) is 2. The third-order valence-electron chi connectivity index (χ3n) is 5.97. The van der Waals surface area contributed by atoms with E-state index in [1.165, 1.54) is 11.1 Å². The largest absolute Gasteiger partial charge is 0.478 e. The van der Waals surface area contributed by atoms with Crippen molar-refractivity contribution in [1.29, 1.82) is 0 Å². The van der Waals surface area contributed by atoms with Crippen molar-refractivity contribution < 1.29 is 9.90 Å². The molecule has 0 bridgehead atoms. The number of nitrogens with one attached hydrogen (secondary N) is 1. The highest BCUT2D eigenvalue weighted by atomic mass is 35.5. The Bertz CT molecular complexity index is 1090. The first-order valence-electron chi connectivity index (χ1n) is 9.20. The second-order valence-electron chi connectivity index (χ2n) is 7.38.